The van der Waals surface area contributed by atoms with Crippen LogP contribution in [-0.2, 0) is 24.3 Å². The van der Waals surface area contributed by atoms with Gasteiger partial charge in [0.05, 0.1) is 5.69 Å². The van der Waals surface area contributed by atoms with Gasteiger partial charge in [-0.2, -0.15) is 0 Å². The zero-order valence-electron chi connectivity index (χ0n) is 20.0. The summed E-state index contributed by atoms with van der Waals surface area (Å²) in [6, 6.07) is 8.92. The maximum Gasteiger partial charge on any atom is 0.219 e. The van der Waals surface area contributed by atoms with Gasteiger partial charge in [0, 0.05) is 83.4 Å². The minimum atomic E-state index is 0.143. The van der Waals surface area contributed by atoms with Crippen molar-refractivity contribution in [2.75, 3.05) is 50.0 Å². The van der Waals surface area contributed by atoms with E-state index in [-0.39, 0.29) is 11.8 Å². The topological polar surface area (TPSA) is 64.6 Å². The molecule has 1 amide bonds. The molecule has 0 saturated carbocycles. The summed E-state index contributed by atoms with van der Waals surface area (Å²) in [4.78, 5) is 28.7. The number of benzene rings is 1. The lowest BCUT2D eigenvalue weighted by Crippen LogP contribution is -2.34. The molecule has 0 radical (unpaired) electrons. The predicted molar refractivity (Wildman–Crippen MR) is 132 cm³/mol. The first-order valence-electron chi connectivity index (χ1n) is 12.5. The number of nitrogens with zero attached hydrogens (tertiary/aromatic N) is 5. The van der Waals surface area contributed by atoms with Crippen molar-refractivity contribution in [3.63, 3.8) is 0 Å². The zero-order valence-corrected chi connectivity index (χ0v) is 20.0. The maximum atomic E-state index is 11.8. The monoisotopic (exact) mass is 448 g/mol. The first-order valence-corrected chi connectivity index (χ1v) is 12.5. The Balaban J connectivity index is 1.33. The van der Waals surface area contributed by atoms with Gasteiger partial charge in [-0.05, 0) is 37.3 Å². The summed E-state index contributed by atoms with van der Waals surface area (Å²) in [5, 5.41) is 3.33. The molecule has 3 aliphatic heterocycles. The molecule has 2 saturated heterocycles. The molecule has 0 spiro atoms. The third-order valence-corrected chi connectivity index (χ3v) is 7.47. The number of nitrogens with one attached hydrogen (secondary N) is 1. The minimum absolute atomic E-state index is 0.143. The molecule has 7 heteroatoms. The average molecular weight is 449 g/mol. The van der Waals surface area contributed by atoms with Crippen LogP contribution in [0.15, 0.2) is 24.3 Å². The fourth-order valence-corrected chi connectivity index (χ4v) is 5.60. The zero-order chi connectivity index (χ0) is 22.8. The normalized spacial score (nSPS) is 21.2. The van der Waals surface area contributed by atoms with Crippen molar-refractivity contribution in [1.82, 2.24) is 19.8 Å². The highest BCUT2D eigenvalue weighted by atomic mass is 16.2. The van der Waals surface area contributed by atoms with Gasteiger partial charge in [-0.3, -0.25) is 9.69 Å². The van der Waals surface area contributed by atoms with Gasteiger partial charge in [0.2, 0.25) is 5.91 Å². The van der Waals surface area contributed by atoms with Gasteiger partial charge in [-0.15, -0.1) is 0 Å². The van der Waals surface area contributed by atoms with Gasteiger partial charge in [0.1, 0.15) is 11.6 Å². The van der Waals surface area contributed by atoms with Crippen molar-refractivity contribution in [2.24, 2.45) is 0 Å². The molecule has 3 aliphatic rings. The molecule has 2 fully saturated rings. The lowest BCUT2D eigenvalue weighted by atomic mass is 10.0. The standard InChI is InChI=1S/C26H36N6O/c1-19(33)32-15-10-21(17-32)25-28-23-11-14-30(18-22(23)26(27-2)29-25)16-20-8-4-5-9-24(20)31-12-6-3-7-13-31/h4-5,8-9,21H,3,6-7,10-18H2,1-2H3,(H,27,28,29)/t21-/m1/s1. The number of hydrogen-bond donors (Lipinski definition) is 1. The third-order valence-electron chi connectivity index (χ3n) is 7.47. The Labute approximate surface area is 197 Å². The Bertz CT molecular complexity index is 985. The van der Waals surface area contributed by atoms with E-state index in [9.17, 15) is 4.79 Å². The van der Waals surface area contributed by atoms with Crippen LogP contribution in [0.5, 0.6) is 0 Å². The predicted octanol–water partition coefficient (Wildman–Crippen LogP) is 3.40. The molecule has 1 N–H and O–H groups in total. The Hall–Kier alpha value is -2.67. The molecule has 0 unspecified atom stereocenters. The second kappa shape index (κ2) is 9.67. The van der Waals surface area contributed by atoms with Crippen molar-refractivity contribution < 1.29 is 4.79 Å². The van der Waals surface area contributed by atoms with E-state index in [0.717, 1.165) is 57.2 Å². The van der Waals surface area contributed by atoms with Crippen molar-refractivity contribution in [3.05, 3.63) is 46.9 Å². The second-order valence-corrected chi connectivity index (χ2v) is 9.69. The lowest BCUT2D eigenvalue weighted by Gasteiger charge is -2.33. The number of likely N-dealkylation sites (tertiary alicyclic amines) is 1. The number of anilines is 2. The van der Waals surface area contributed by atoms with E-state index in [1.165, 1.54) is 54.9 Å². The van der Waals surface area contributed by atoms with Gasteiger partial charge in [-0.1, -0.05) is 18.2 Å². The molecule has 5 rings (SSSR count). The van der Waals surface area contributed by atoms with E-state index in [2.05, 4.69) is 39.4 Å². The molecular weight excluding hydrogens is 412 g/mol. The van der Waals surface area contributed by atoms with E-state index in [1.807, 2.05) is 11.9 Å². The van der Waals surface area contributed by atoms with E-state index >= 15 is 0 Å². The Kier molecular flexibility index (Phi) is 6.49. The number of rotatable bonds is 5. The fourth-order valence-electron chi connectivity index (χ4n) is 5.60. The number of hydrogen-bond acceptors (Lipinski definition) is 6. The van der Waals surface area contributed by atoms with E-state index < -0.39 is 0 Å². The SMILES string of the molecule is CNc1nc([C@@H]2CCN(C(C)=O)C2)nc2c1CN(Cc1ccccc1N1CCCCC1)CC2. The van der Waals surface area contributed by atoms with Crippen molar-refractivity contribution in [1.29, 1.82) is 0 Å². The number of carbonyl (C=O) groups is 1. The van der Waals surface area contributed by atoms with Crippen LogP contribution in [0.4, 0.5) is 11.5 Å². The fraction of sp³-hybridized carbons (Fsp3) is 0.577. The van der Waals surface area contributed by atoms with Gasteiger partial charge >= 0.3 is 0 Å². The molecule has 0 bridgehead atoms. The van der Waals surface area contributed by atoms with Crippen LogP contribution in [0.25, 0.3) is 0 Å². The Morgan fingerprint density at radius 1 is 1.09 bits per heavy atom. The highest BCUT2D eigenvalue weighted by Crippen LogP contribution is 2.32. The summed E-state index contributed by atoms with van der Waals surface area (Å²) < 4.78 is 0. The molecule has 1 atom stereocenters. The molecule has 2 aromatic rings. The van der Waals surface area contributed by atoms with Crippen molar-refractivity contribution in [3.8, 4) is 0 Å². The summed E-state index contributed by atoms with van der Waals surface area (Å²) in [6.45, 7) is 8.34. The number of aromatic nitrogens is 2. The largest absolute Gasteiger partial charge is 0.373 e. The molecule has 0 aliphatic carbocycles. The van der Waals surface area contributed by atoms with Crippen molar-refractivity contribution >= 4 is 17.4 Å². The van der Waals surface area contributed by atoms with Crippen LogP contribution in [0, 0.1) is 0 Å². The summed E-state index contributed by atoms with van der Waals surface area (Å²) in [5.41, 5.74) is 5.22. The molecule has 4 heterocycles. The number of carbonyl (C=O) groups excluding carboxylic acids is 1. The van der Waals surface area contributed by atoms with Gasteiger partial charge in [-0.25, -0.2) is 9.97 Å². The smallest absolute Gasteiger partial charge is 0.219 e. The van der Waals surface area contributed by atoms with Gasteiger partial charge in [0.25, 0.3) is 0 Å². The Morgan fingerprint density at radius 2 is 1.91 bits per heavy atom. The molecule has 1 aromatic heterocycles. The lowest BCUT2D eigenvalue weighted by molar-refractivity contribution is -0.127. The number of piperidine rings is 1. The van der Waals surface area contributed by atoms with Crippen LogP contribution in [0.2, 0.25) is 0 Å². The highest BCUT2D eigenvalue weighted by molar-refractivity contribution is 5.73. The second-order valence-electron chi connectivity index (χ2n) is 9.69. The third kappa shape index (κ3) is 4.69. The van der Waals surface area contributed by atoms with Gasteiger partial charge in [0.15, 0.2) is 0 Å². The van der Waals surface area contributed by atoms with E-state index in [0.29, 0.717) is 0 Å². The summed E-state index contributed by atoms with van der Waals surface area (Å²) in [7, 11) is 1.95. The summed E-state index contributed by atoms with van der Waals surface area (Å²) >= 11 is 0. The van der Waals surface area contributed by atoms with Crippen molar-refractivity contribution in [2.45, 2.75) is 58.0 Å². The van der Waals surface area contributed by atoms with Crippen LogP contribution < -0.4 is 10.2 Å². The molecular formula is C26H36N6O. The molecule has 7 nitrogen and oxygen atoms in total. The van der Waals surface area contributed by atoms with E-state index in [4.69, 9.17) is 9.97 Å². The first-order chi connectivity index (χ1) is 16.1. The van der Waals surface area contributed by atoms with Crippen LogP contribution >= 0.6 is 0 Å². The number of amides is 1. The van der Waals surface area contributed by atoms with Crippen LogP contribution in [-0.4, -0.2) is 65.4 Å². The highest BCUT2D eigenvalue weighted by Gasteiger charge is 2.30. The van der Waals surface area contributed by atoms with E-state index in [1.54, 1.807) is 6.92 Å². The molecule has 176 valence electrons. The van der Waals surface area contributed by atoms with Crippen LogP contribution in [0.1, 0.15) is 61.2 Å². The average Bonchev–Trinajstić information content (AvgIpc) is 3.35. The molecule has 33 heavy (non-hydrogen) atoms. The Morgan fingerprint density at radius 3 is 2.67 bits per heavy atom. The van der Waals surface area contributed by atoms with Crippen LogP contribution in [0.3, 0.4) is 0 Å². The van der Waals surface area contributed by atoms with Gasteiger partial charge < -0.3 is 15.1 Å². The first kappa shape index (κ1) is 22.1. The summed E-state index contributed by atoms with van der Waals surface area (Å²) in [6.07, 6.45) is 5.82. The molecule has 1 aromatic carbocycles. The summed E-state index contributed by atoms with van der Waals surface area (Å²) in [5.74, 6) is 2.22. The quantitative estimate of drug-likeness (QED) is 0.756. The number of para-hydroxylation sites is 1. The maximum absolute atomic E-state index is 11.8. The minimum Gasteiger partial charge on any atom is -0.373 e. The number of fused-ring (bicyclic) bond motifs is 1.